The van der Waals surface area contributed by atoms with E-state index in [2.05, 4.69) is 20.7 Å². The van der Waals surface area contributed by atoms with E-state index in [1.54, 1.807) is 6.20 Å². The molecule has 0 spiro atoms. The summed E-state index contributed by atoms with van der Waals surface area (Å²) in [5, 5.41) is 10.7. The molecule has 1 N–H and O–H groups in total. The van der Waals surface area contributed by atoms with Gasteiger partial charge in [0.25, 0.3) is 5.69 Å². The van der Waals surface area contributed by atoms with Crippen LogP contribution in [-0.2, 0) is 16.6 Å². The van der Waals surface area contributed by atoms with E-state index in [-0.39, 0.29) is 16.5 Å². The van der Waals surface area contributed by atoms with Crippen LogP contribution in [0.4, 0.5) is 5.69 Å². The Morgan fingerprint density at radius 2 is 1.89 bits per heavy atom. The van der Waals surface area contributed by atoms with Gasteiger partial charge in [0.15, 0.2) is 0 Å². The fourth-order valence-corrected chi connectivity index (χ4v) is 4.27. The highest BCUT2D eigenvalue weighted by molar-refractivity contribution is 7.89. The lowest BCUT2D eigenvalue weighted by atomic mass is 9.97. The van der Waals surface area contributed by atoms with Crippen LogP contribution in [0.2, 0.25) is 0 Å². The quantitative estimate of drug-likeness (QED) is 0.574. The van der Waals surface area contributed by atoms with Crippen LogP contribution >= 0.6 is 0 Å². The summed E-state index contributed by atoms with van der Waals surface area (Å²) in [6.07, 6.45) is 5.46. The van der Waals surface area contributed by atoms with E-state index >= 15 is 0 Å². The van der Waals surface area contributed by atoms with Gasteiger partial charge in [-0.3, -0.25) is 20.0 Å². The zero-order valence-corrected chi connectivity index (χ0v) is 15.6. The van der Waals surface area contributed by atoms with Crippen molar-refractivity contribution in [1.29, 1.82) is 0 Å². The molecule has 1 fully saturated rings. The van der Waals surface area contributed by atoms with Crippen molar-refractivity contribution < 1.29 is 13.3 Å². The van der Waals surface area contributed by atoms with Crippen molar-refractivity contribution in [1.82, 2.24) is 14.6 Å². The number of rotatable bonds is 7. The number of aromatic nitrogens is 1. The van der Waals surface area contributed by atoms with Gasteiger partial charge in [0.2, 0.25) is 10.0 Å². The predicted molar refractivity (Wildman–Crippen MR) is 101 cm³/mol. The lowest BCUT2D eigenvalue weighted by Crippen LogP contribution is -2.38. The molecule has 9 heteroatoms. The molecule has 1 aliphatic heterocycles. The van der Waals surface area contributed by atoms with Crippen molar-refractivity contribution in [3.8, 4) is 0 Å². The van der Waals surface area contributed by atoms with Gasteiger partial charge in [-0.15, -0.1) is 0 Å². The molecule has 2 heterocycles. The number of nitrogens with zero attached hydrogens (tertiary/aromatic N) is 3. The summed E-state index contributed by atoms with van der Waals surface area (Å²) in [6.45, 7) is 3.06. The van der Waals surface area contributed by atoms with Crippen molar-refractivity contribution in [3.63, 3.8) is 0 Å². The largest absolute Gasteiger partial charge is 0.299 e. The van der Waals surface area contributed by atoms with Crippen molar-refractivity contribution in [2.24, 2.45) is 5.92 Å². The Morgan fingerprint density at radius 3 is 2.48 bits per heavy atom. The number of nitrogens with one attached hydrogen (secondary N) is 1. The monoisotopic (exact) mass is 390 g/mol. The topological polar surface area (TPSA) is 105 Å². The first kappa shape index (κ1) is 19.4. The number of likely N-dealkylation sites (tertiary alicyclic amines) is 1. The summed E-state index contributed by atoms with van der Waals surface area (Å²) in [4.78, 5) is 16.6. The second-order valence-electron chi connectivity index (χ2n) is 6.68. The molecule has 0 unspecified atom stereocenters. The van der Waals surface area contributed by atoms with E-state index in [1.807, 2.05) is 12.3 Å². The van der Waals surface area contributed by atoms with E-state index in [0.717, 1.165) is 32.5 Å². The standard InChI is InChI=1S/C18H22N4O4S/c23-22(24)17-3-5-18(6-4-17)27(25,26)20-13-15-7-10-21(11-8-15)14-16-2-1-9-19-12-16/h1-6,9,12,15,20H,7-8,10-11,13-14H2. The third kappa shape index (κ3) is 5.31. The lowest BCUT2D eigenvalue weighted by Gasteiger charge is -2.31. The van der Waals surface area contributed by atoms with Gasteiger partial charge in [0.05, 0.1) is 9.82 Å². The summed E-state index contributed by atoms with van der Waals surface area (Å²) < 4.78 is 27.4. The molecule has 0 bridgehead atoms. The molecule has 3 rings (SSSR count). The maximum Gasteiger partial charge on any atom is 0.269 e. The van der Waals surface area contributed by atoms with E-state index in [9.17, 15) is 18.5 Å². The summed E-state index contributed by atoms with van der Waals surface area (Å²) >= 11 is 0. The second-order valence-corrected chi connectivity index (χ2v) is 8.45. The first-order valence-electron chi connectivity index (χ1n) is 8.79. The van der Waals surface area contributed by atoms with Crippen LogP contribution in [0.3, 0.4) is 0 Å². The number of non-ortho nitro benzene ring substituents is 1. The Balaban J connectivity index is 1.48. The summed E-state index contributed by atoms with van der Waals surface area (Å²) in [5.41, 5.74) is 1.05. The van der Waals surface area contributed by atoms with Gasteiger partial charge < -0.3 is 0 Å². The van der Waals surface area contributed by atoms with Gasteiger partial charge in [-0.1, -0.05) is 6.07 Å². The summed E-state index contributed by atoms with van der Waals surface area (Å²) in [7, 11) is -3.66. The Kier molecular flexibility index (Phi) is 6.15. The van der Waals surface area contributed by atoms with Gasteiger partial charge in [-0.25, -0.2) is 13.1 Å². The van der Waals surface area contributed by atoms with Gasteiger partial charge in [0, 0.05) is 37.6 Å². The Bertz CT molecular complexity index is 864. The zero-order valence-electron chi connectivity index (χ0n) is 14.8. The summed E-state index contributed by atoms with van der Waals surface area (Å²) in [6, 6.07) is 8.90. The molecule has 1 aromatic heterocycles. The average molecular weight is 390 g/mol. The molecule has 1 saturated heterocycles. The number of hydrogen-bond donors (Lipinski definition) is 1. The van der Waals surface area contributed by atoms with Crippen LogP contribution in [0.25, 0.3) is 0 Å². The number of nitro benzene ring substituents is 1. The van der Waals surface area contributed by atoms with Crippen molar-refractivity contribution >= 4 is 15.7 Å². The van der Waals surface area contributed by atoms with E-state index in [0.29, 0.717) is 6.54 Å². The highest BCUT2D eigenvalue weighted by Gasteiger charge is 2.22. The molecule has 0 aliphatic carbocycles. The molecule has 0 radical (unpaired) electrons. The van der Waals surface area contributed by atoms with Crippen molar-refractivity contribution in [2.45, 2.75) is 24.3 Å². The molecule has 0 amide bonds. The van der Waals surface area contributed by atoms with Crippen LogP contribution in [0.5, 0.6) is 0 Å². The number of sulfonamides is 1. The van der Waals surface area contributed by atoms with Gasteiger partial charge in [-0.05, 0) is 55.6 Å². The molecular weight excluding hydrogens is 368 g/mol. The number of nitro groups is 1. The molecule has 8 nitrogen and oxygen atoms in total. The predicted octanol–water partition coefficient (Wildman–Crippen LogP) is 2.18. The highest BCUT2D eigenvalue weighted by atomic mass is 32.2. The van der Waals surface area contributed by atoms with Crippen LogP contribution < -0.4 is 4.72 Å². The van der Waals surface area contributed by atoms with Crippen LogP contribution in [-0.4, -0.2) is 42.9 Å². The molecule has 27 heavy (non-hydrogen) atoms. The maximum atomic E-state index is 12.4. The normalized spacial score (nSPS) is 16.3. The fraction of sp³-hybridized carbons (Fsp3) is 0.389. The Morgan fingerprint density at radius 1 is 1.19 bits per heavy atom. The molecular formula is C18H22N4O4S. The zero-order chi connectivity index (χ0) is 19.3. The van der Waals surface area contributed by atoms with Gasteiger partial charge in [-0.2, -0.15) is 0 Å². The van der Waals surface area contributed by atoms with E-state index in [1.165, 1.54) is 29.8 Å². The fourth-order valence-electron chi connectivity index (χ4n) is 3.16. The molecule has 1 aromatic carbocycles. The number of pyridine rings is 1. The molecule has 0 saturated carbocycles. The van der Waals surface area contributed by atoms with Crippen LogP contribution in [0, 0.1) is 16.0 Å². The van der Waals surface area contributed by atoms with Gasteiger partial charge in [0.1, 0.15) is 0 Å². The number of piperidine rings is 1. The highest BCUT2D eigenvalue weighted by Crippen LogP contribution is 2.20. The second kappa shape index (κ2) is 8.55. The SMILES string of the molecule is O=[N+]([O-])c1ccc(S(=O)(=O)NCC2CCN(Cc3cccnc3)CC2)cc1. The van der Waals surface area contributed by atoms with E-state index in [4.69, 9.17) is 0 Å². The Hall–Kier alpha value is -2.36. The maximum absolute atomic E-state index is 12.4. The summed E-state index contributed by atoms with van der Waals surface area (Å²) in [5.74, 6) is 0.281. The van der Waals surface area contributed by atoms with Crippen molar-refractivity contribution in [2.75, 3.05) is 19.6 Å². The van der Waals surface area contributed by atoms with E-state index < -0.39 is 14.9 Å². The van der Waals surface area contributed by atoms with Crippen molar-refractivity contribution in [3.05, 3.63) is 64.5 Å². The number of hydrogen-bond acceptors (Lipinski definition) is 6. The average Bonchev–Trinajstić information content (AvgIpc) is 2.68. The first-order chi connectivity index (χ1) is 12.9. The minimum absolute atomic E-state index is 0.0436. The molecule has 2 aromatic rings. The lowest BCUT2D eigenvalue weighted by molar-refractivity contribution is -0.384. The minimum atomic E-state index is -3.66. The van der Waals surface area contributed by atoms with Gasteiger partial charge >= 0.3 is 0 Å². The molecule has 0 atom stereocenters. The Labute approximate surface area is 158 Å². The number of benzene rings is 1. The van der Waals surface area contributed by atoms with Crippen LogP contribution in [0.1, 0.15) is 18.4 Å². The third-order valence-corrected chi connectivity index (χ3v) is 6.20. The first-order valence-corrected chi connectivity index (χ1v) is 10.3. The minimum Gasteiger partial charge on any atom is -0.299 e. The molecule has 144 valence electrons. The smallest absolute Gasteiger partial charge is 0.269 e. The third-order valence-electron chi connectivity index (χ3n) is 4.76. The molecule has 1 aliphatic rings. The van der Waals surface area contributed by atoms with Crippen LogP contribution in [0.15, 0.2) is 53.7 Å².